The van der Waals surface area contributed by atoms with E-state index in [1.165, 1.54) is 5.56 Å². The van der Waals surface area contributed by atoms with Gasteiger partial charge < -0.3 is 10.1 Å². The zero-order valence-electron chi connectivity index (χ0n) is 18.1. The molecule has 0 aliphatic carbocycles. The molecule has 2 aromatic rings. The topological polar surface area (TPSA) is 38.3 Å². The molecule has 1 amide bonds. The lowest BCUT2D eigenvalue weighted by molar-refractivity contribution is -0.118. The Morgan fingerprint density at radius 3 is 2.18 bits per heavy atom. The molecule has 0 aliphatic heterocycles. The molecule has 0 atom stereocenters. The molecule has 0 saturated carbocycles. The first-order valence-corrected chi connectivity index (χ1v) is 10.1. The summed E-state index contributed by atoms with van der Waals surface area (Å²) in [6.07, 6.45) is 1.08. The number of benzene rings is 2. The van der Waals surface area contributed by atoms with Gasteiger partial charge in [-0.15, -0.1) is 0 Å². The maximum atomic E-state index is 12.3. The van der Waals surface area contributed by atoms with Crippen LogP contribution < -0.4 is 10.1 Å². The number of ether oxygens (including phenoxy) is 1. The minimum atomic E-state index is -0.231. The molecule has 3 nitrogen and oxygen atoms in total. The molecule has 1 N–H and O–H groups in total. The van der Waals surface area contributed by atoms with Crippen molar-refractivity contribution in [3.05, 3.63) is 58.1 Å². The van der Waals surface area contributed by atoms with E-state index in [2.05, 4.69) is 52.1 Å². The van der Waals surface area contributed by atoms with Crippen LogP contribution in [0.4, 0.5) is 5.69 Å². The summed E-state index contributed by atoms with van der Waals surface area (Å²) in [5, 5.41) is 3.38. The quantitative estimate of drug-likeness (QED) is 0.585. The van der Waals surface area contributed by atoms with Crippen molar-refractivity contribution in [2.75, 3.05) is 11.9 Å². The molecule has 2 rings (SSSR count). The lowest BCUT2D eigenvalue weighted by atomic mass is 9.72. The number of hydrogen-bond acceptors (Lipinski definition) is 2. The minimum absolute atomic E-state index is 0.0611. The van der Waals surface area contributed by atoms with Gasteiger partial charge in [0.05, 0.1) is 10.7 Å². The summed E-state index contributed by atoms with van der Waals surface area (Å²) in [6, 6.07) is 11.8. The number of carbonyl (C=O) groups excluding carboxylic acids is 1. The zero-order chi connectivity index (χ0) is 21.1. The van der Waals surface area contributed by atoms with Crippen LogP contribution in [-0.2, 0) is 10.2 Å². The van der Waals surface area contributed by atoms with Crippen molar-refractivity contribution >= 4 is 23.2 Å². The van der Waals surface area contributed by atoms with Gasteiger partial charge in [0.25, 0.3) is 5.91 Å². The highest BCUT2D eigenvalue weighted by molar-refractivity contribution is 6.34. The summed E-state index contributed by atoms with van der Waals surface area (Å²) in [5.74, 6) is 0.447. The van der Waals surface area contributed by atoms with Gasteiger partial charge >= 0.3 is 0 Å². The van der Waals surface area contributed by atoms with Gasteiger partial charge in [-0.05, 0) is 66.0 Å². The van der Waals surface area contributed by atoms with Crippen molar-refractivity contribution < 1.29 is 9.53 Å². The van der Waals surface area contributed by atoms with Gasteiger partial charge in [-0.25, -0.2) is 0 Å². The Morgan fingerprint density at radius 1 is 1.04 bits per heavy atom. The molecule has 2 aromatic carbocycles. The monoisotopic (exact) mass is 401 g/mol. The van der Waals surface area contributed by atoms with E-state index in [4.69, 9.17) is 16.3 Å². The van der Waals surface area contributed by atoms with E-state index < -0.39 is 0 Å². The van der Waals surface area contributed by atoms with Gasteiger partial charge in [0, 0.05) is 0 Å². The highest BCUT2D eigenvalue weighted by Gasteiger charge is 2.27. The van der Waals surface area contributed by atoms with Gasteiger partial charge in [0.2, 0.25) is 0 Å². The van der Waals surface area contributed by atoms with Crippen LogP contribution in [0.25, 0.3) is 0 Å². The first kappa shape index (κ1) is 22.3. The highest BCUT2D eigenvalue weighted by Crippen LogP contribution is 2.36. The van der Waals surface area contributed by atoms with Crippen LogP contribution >= 0.6 is 11.6 Å². The number of halogens is 1. The standard InChI is InChI=1S/C24H32ClNO2/c1-16-12-17(2)22(20(25)13-16)26-21(27)14-28-19-10-8-18(9-11-19)24(6,7)15-23(3,4)5/h8-13H,14-15H2,1-7H3,(H,26,27). The van der Waals surface area contributed by atoms with Crippen molar-refractivity contribution in [1.29, 1.82) is 0 Å². The van der Waals surface area contributed by atoms with Crippen LogP contribution in [0.1, 0.15) is 57.7 Å². The van der Waals surface area contributed by atoms with Crippen LogP contribution in [0, 0.1) is 19.3 Å². The third kappa shape index (κ3) is 6.27. The van der Waals surface area contributed by atoms with Crippen molar-refractivity contribution in [2.24, 2.45) is 5.41 Å². The molecule has 4 heteroatoms. The zero-order valence-corrected chi connectivity index (χ0v) is 18.8. The first-order valence-electron chi connectivity index (χ1n) is 9.67. The molecule has 0 aliphatic rings. The fourth-order valence-electron chi connectivity index (χ4n) is 3.83. The Hall–Kier alpha value is -2.00. The number of aryl methyl sites for hydroxylation is 2. The summed E-state index contributed by atoms with van der Waals surface area (Å²) in [6.45, 7) is 15.1. The number of hydrogen-bond donors (Lipinski definition) is 1. The third-order valence-corrected chi connectivity index (χ3v) is 4.97. The molecule has 0 radical (unpaired) electrons. The Bertz CT molecular complexity index is 810. The van der Waals surface area contributed by atoms with Crippen LogP contribution in [-0.4, -0.2) is 12.5 Å². The summed E-state index contributed by atoms with van der Waals surface area (Å²) < 4.78 is 5.66. The summed E-state index contributed by atoms with van der Waals surface area (Å²) in [7, 11) is 0. The molecular weight excluding hydrogens is 370 g/mol. The fraction of sp³-hybridized carbons (Fsp3) is 0.458. The van der Waals surface area contributed by atoms with E-state index in [0.29, 0.717) is 16.5 Å². The predicted octanol–water partition coefficient (Wildman–Crippen LogP) is 6.69. The molecule has 28 heavy (non-hydrogen) atoms. The van der Waals surface area contributed by atoms with E-state index in [0.717, 1.165) is 17.5 Å². The average Bonchev–Trinajstić information content (AvgIpc) is 2.54. The fourth-order valence-corrected chi connectivity index (χ4v) is 4.20. The SMILES string of the molecule is Cc1cc(C)c(NC(=O)COc2ccc(C(C)(C)CC(C)(C)C)cc2)c(Cl)c1. The number of amides is 1. The lowest BCUT2D eigenvalue weighted by Gasteiger charge is -2.33. The maximum Gasteiger partial charge on any atom is 0.262 e. The number of nitrogens with one attached hydrogen (secondary N) is 1. The van der Waals surface area contributed by atoms with Gasteiger partial charge in [0.15, 0.2) is 6.61 Å². The van der Waals surface area contributed by atoms with E-state index in [-0.39, 0.29) is 23.3 Å². The third-order valence-electron chi connectivity index (χ3n) is 4.67. The van der Waals surface area contributed by atoms with Crippen LogP contribution in [0.2, 0.25) is 5.02 Å². The Labute approximate surface area is 174 Å². The van der Waals surface area contributed by atoms with Crippen LogP contribution in [0.3, 0.4) is 0 Å². The molecule has 0 saturated heterocycles. The second kappa shape index (κ2) is 8.57. The van der Waals surface area contributed by atoms with E-state index in [9.17, 15) is 4.79 Å². The molecular formula is C24H32ClNO2. The van der Waals surface area contributed by atoms with Gasteiger partial charge in [-0.3, -0.25) is 4.79 Å². The molecule has 0 aromatic heterocycles. The smallest absolute Gasteiger partial charge is 0.262 e. The first-order chi connectivity index (χ1) is 12.9. The normalized spacial score (nSPS) is 12.0. The summed E-state index contributed by atoms with van der Waals surface area (Å²) in [5.41, 5.74) is 4.23. The molecule has 0 unspecified atom stereocenters. The van der Waals surface area contributed by atoms with Crippen LogP contribution in [0.5, 0.6) is 5.75 Å². The lowest BCUT2D eigenvalue weighted by Crippen LogP contribution is -2.24. The van der Waals surface area contributed by atoms with Crippen molar-refractivity contribution in [1.82, 2.24) is 0 Å². The molecule has 0 heterocycles. The second-order valence-corrected chi connectivity index (χ2v) is 9.83. The Kier molecular flexibility index (Phi) is 6.82. The minimum Gasteiger partial charge on any atom is -0.484 e. The summed E-state index contributed by atoms with van der Waals surface area (Å²) >= 11 is 6.25. The number of rotatable bonds is 6. The molecule has 152 valence electrons. The van der Waals surface area contributed by atoms with Gasteiger partial charge in [-0.1, -0.05) is 64.4 Å². The largest absolute Gasteiger partial charge is 0.484 e. The predicted molar refractivity (Wildman–Crippen MR) is 119 cm³/mol. The number of carbonyl (C=O) groups is 1. The van der Waals surface area contributed by atoms with E-state index >= 15 is 0 Å². The molecule has 0 spiro atoms. The summed E-state index contributed by atoms with van der Waals surface area (Å²) in [4.78, 5) is 12.3. The highest BCUT2D eigenvalue weighted by atomic mass is 35.5. The Morgan fingerprint density at radius 2 is 1.64 bits per heavy atom. The van der Waals surface area contributed by atoms with Crippen molar-refractivity contribution in [3.8, 4) is 5.75 Å². The van der Waals surface area contributed by atoms with E-state index in [1.54, 1.807) is 0 Å². The van der Waals surface area contributed by atoms with Crippen LogP contribution in [0.15, 0.2) is 36.4 Å². The van der Waals surface area contributed by atoms with Gasteiger partial charge in [0.1, 0.15) is 5.75 Å². The van der Waals surface area contributed by atoms with E-state index in [1.807, 2.05) is 38.1 Å². The van der Waals surface area contributed by atoms with Gasteiger partial charge in [-0.2, -0.15) is 0 Å². The second-order valence-electron chi connectivity index (χ2n) is 9.42. The Balaban J connectivity index is 1.97. The number of anilines is 1. The maximum absolute atomic E-state index is 12.3. The molecule has 0 bridgehead atoms. The molecule has 0 fully saturated rings. The van der Waals surface area contributed by atoms with Crippen molar-refractivity contribution in [3.63, 3.8) is 0 Å². The average molecular weight is 402 g/mol. The van der Waals surface area contributed by atoms with Crippen molar-refractivity contribution in [2.45, 2.75) is 60.3 Å².